The van der Waals surface area contributed by atoms with Gasteiger partial charge >= 0.3 is 0 Å². The second kappa shape index (κ2) is 5.48. The zero-order valence-corrected chi connectivity index (χ0v) is 10.3. The van der Waals surface area contributed by atoms with Crippen LogP contribution in [0.1, 0.15) is 51.9 Å². The Bertz CT molecular complexity index is 205. The van der Waals surface area contributed by atoms with E-state index >= 15 is 0 Å². The lowest BCUT2D eigenvalue weighted by atomic mass is 9.74. The van der Waals surface area contributed by atoms with Crippen LogP contribution in [0.2, 0.25) is 0 Å². The lowest BCUT2D eigenvalue weighted by molar-refractivity contribution is -0.141. The van der Waals surface area contributed by atoms with E-state index in [9.17, 15) is 5.11 Å². The van der Waals surface area contributed by atoms with Crippen LogP contribution in [0.3, 0.4) is 0 Å². The molecule has 0 radical (unpaired) electrons. The first-order valence-electron chi connectivity index (χ1n) is 6.67. The Morgan fingerprint density at radius 3 is 2.88 bits per heavy atom. The summed E-state index contributed by atoms with van der Waals surface area (Å²) in [5.41, 5.74) is -0.432. The van der Waals surface area contributed by atoms with Gasteiger partial charge in [0.1, 0.15) is 0 Å². The average Bonchev–Trinajstić information content (AvgIpc) is 2.69. The largest absolute Gasteiger partial charge is 0.390 e. The van der Waals surface area contributed by atoms with Gasteiger partial charge in [-0.15, -0.1) is 0 Å². The molecular weight excluding hydrogens is 204 g/mol. The molecule has 0 aromatic rings. The lowest BCUT2D eigenvalue weighted by Crippen LogP contribution is -2.48. The van der Waals surface area contributed by atoms with E-state index in [0.29, 0.717) is 12.2 Å². The highest BCUT2D eigenvalue weighted by Gasteiger charge is 2.42. The molecule has 0 amide bonds. The van der Waals surface area contributed by atoms with Crippen LogP contribution in [0, 0.1) is 0 Å². The maximum Gasteiger partial charge on any atom is 0.0697 e. The summed E-state index contributed by atoms with van der Waals surface area (Å²) < 4.78 is 11.0. The summed E-state index contributed by atoms with van der Waals surface area (Å²) in [6, 6.07) is 0. The first kappa shape index (κ1) is 12.3. The van der Waals surface area contributed by atoms with Crippen LogP contribution < -0.4 is 0 Å². The molecule has 0 aromatic carbocycles. The standard InChI is InChI=1S/C13H24O3/c1-2-15-12-9-13(14,10-12)7-3-5-11-6-4-8-16-11/h11-12,14H,2-10H2,1H3. The molecule has 1 atom stereocenters. The average molecular weight is 228 g/mol. The number of hydrogen-bond donors (Lipinski definition) is 1. The number of rotatable bonds is 6. The van der Waals surface area contributed by atoms with Crippen molar-refractivity contribution in [1.29, 1.82) is 0 Å². The lowest BCUT2D eigenvalue weighted by Gasteiger charge is -2.43. The third kappa shape index (κ3) is 3.19. The summed E-state index contributed by atoms with van der Waals surface area (Å²) in [7, 11) is 0. The molecule has 3 nitrogen and oxygen atoms in total. The van der Waals surface area contributed by atoms with Crippen molar-refractivity contribution >= 4 is 0 Å². The fourth-order valence-electron chi connectivity index (χ4n) is 2.88. The summed E-state index contributed by atoms with van der Waals surface area (Å²) in [5, 5.41) is 10.2. The smallest absolute Gasteiger partial charge is 0.0697 e. The Morgan fingerprint density at radius 1 is 1.44 bits per heavy atom. The normalized spacial score (nSPS) is 38.6. The summed E-state index contributed by atoms with van der Waals surface area (Å²) in [6.45, 7) is 3.70. The quantitative estimate of drug-likeness (QED) is 0.758. The van der Waals surface area contributed by atoms with Crippen molar-refractivity contribution in [3.8, 4) is 0 Å². The van der Waals surface area contributed by atoms with Crippen LogP contribution in [0.4, 0.5) is 0 Å². The second-order valence-corrected chi connectivity index (χ2v) is 5.24. The molecule has 1 heterocycles. The van der Waals surface area contributed by atoms with Crippen LogP contribution in [0.15, 0.2) is 0 Å². The van der Waals surface area contributed by atoms with E-state index in [1.165, 1.54) is 12.8 Å². The molecule has 0 spiro atoms. The Hall–Kier alpha value is -0.120. The van der Waals surface area contributed by atoms with Gasteiger partial charge in [0.25, 0.3) is 0 Å². The highest BCUT2D eigenvalue weighted by molar-refractivity contribution is 4.95. The van der Waals surface area contributed by atoms with Crippen LogP contribution in [0.5, 0.6) is 0 Å². The van der Waals surface area contributed by atoms with Crippen molar-refractivity contribution in [2.24, 2.45) is 0 Å². The molecule has 1 aliphatic heterocycles. The molecule has 1 N–H and O–H groups in total. The third-order valence-electron chi connectivity index (χ3n) is 3.81. The fourth-order valence-corrected chi connectivity index (χ4v) is 2.88. The summed E-state index contributed by atoms with van der Waals surface area (Å²) >= 11 is 0. The SMILES string of the molecule is CCOC1CC(O)(CCCC2CCCO2)C1. The van der Waals surface area contributed by atoms with Gasteiger partial charge in [-0.25, -0.2) is 0 Å². The minimum atomic E-state index is -0.432. The van der Waals surface area contributed by atoms with Gasteiger partial charge in [0, 0.05) is 26.1 Å². The number of aliphatic hydroxyl groups is 1. The Morgan fingerprint density at radius 2 is 2.25 bits per heavy atom. The molecule has 94 valence electrons. The molecule has 0 bridgehead atoms. The third-order valence-corrected chi connectivity index (χ3v) is 3.81. The predicted molar refractivity (Wildman–Crippen MR) is 62.4 cm³/mol. The molecule has 1 aliphatic carbocycles. The van der Waals surface area contributed by atoms with Gasteiger partial charge < -0.3 is 14.6 Å². The summed E-state index contributed by atoms with van der Waals surface area (Å²) in [4.78, 5) is 0. The molecule has 1 saturated heterocycles. The van der Waals surface area contributed by atoms with Crippen molar-refractivity contribution < 1.29 is 14.6 Å². The highest BCUT2D eigenvalue weighted by Crippen LogP contribution is 2.38. The molecule has 16 heavy (non-hydrogen) atoms. The molecule has 0 aromatic heterocycles. The zero-order chi connectivity index (χ0) is 11.4. The van der Waals surface area contributed by atoms with Crippen LogP contribution in [-0.4, -0.2) is 36.1 Å². The maximum atomic E-state index is 10.2. The first-order chi connectivity index (χ1) is 7.72. The predicted octanol–water partition coefficient (Wildman–Crippen LogP) is 2.27. The molecule has 2 fully saturated rings. The topological polar surface area (TPSA) is 38.7 Å². The molecular formula is C13H24O3. The van der Waals surface area contributed by atoms with Gasteiger partial charge in [-0.05, 0) is 39.0 Å². The van der Waals surface area contributed by atoms with Crippen LogP contribution >= 0.6 is 0 Å². The molecule has 1 saturated carbocycles. The van der Waals surface area contributed by atoms with Gasteiger partial charge in [-0.3, -0.25) is 0 Å². The second-order valence-electron chi connectivity index (χ2n) is 5.24. The van der Waals surface area contributed by atoms with Gasteiger partial charge in [-0.2, -0.15) is 0 Å². The first-order valence-corrected chi connectivity index (χ1v) is 6.67. The monoisotopic (exact) mass is 228 g/mol. The van der Waals surface area contributed by atoms with Gasteiger partial charge in [0.15, 0.2) is 0 Å². The van der Waals surface area contributed by atoms with E-state index in [4.69, 9.17) is 9.47 Å². The van der Waals surface area contributed by atoms with E-state index in [1.54, 1.807) is 0 Å². The minimum Gasteiger partial charge on any atom is -0.390 e. The Labute approximate surface area is 98.1 Å². The van der Waals surface area contributed by atoms with E-state index in [2.05, 4.69) is 0 Å². The minimum absolute atomic E-state index is 0.303. The maximum absolute atomic E-state index is 10.2. The molecule has 2 aliphatic rings. The van der Waals surface area contributed by atoms with Crippen LogP contribution in [0.25, 0.3) is 0 Å². The van der Waals surface area contributed by atoms with Crippen LogP contribution in [-0.2, 0) is 9.47 Å². The van der Waals surface area contributed by atoms with Crippen molar-refractivity contribution in [2.75, 3.05) is 13.2 Å². The van der Waals surface area contributed by atoms with Crippen molar-refractivity contribution in [2.45, 2.75) is 69.7 Å². The Balaban J connectivity index is 1.56. The summed E-state index contributed by atoms with van der Waals surface area (Å²) in [5.74, 6) is 0. The van der Waals surface area contributed by atoms with E-state index in [1.807, 2.05) is 6.92 Å². The van der Waals surface area contributed by atoms with Crippen molar-refractivity contribution in [3.05, 3.63) is 0 Å². The fraction of sp³-hybridized carbons (Fsp3) is 1.00. The molecule has 3 heteroatoms. The highest BCUT2D eigenvalue weighted by atomic mass is 16.5. The van der Waals surface area contributed by atoms with E-state index < -0.39 is 5.60 Å². The molecule has 2 rings (SSSR count). The van der Waals surface area contributed by atoms with Crippen molar-refractivity contribution in [3.63, 3.8) is 0 Å². The zero-order valence-electron chi connectivity index (χ0n) is 10.3. The number of hydrogen-bond acceptors (Lipinski definition) is 3. The van der Waals surface area contributed by atoms with E-state index in [-0.39, 0.29) is 0 Å². The van der Waals surface area contributed by atoms with Gasteiger partial charge in [0.2, 0.25) is 0 Å². The van der Waals surface area contributed by atoms with Gasteiger partial charge in [0.05, 0.1) is 17.8 Å². The van der Waals surface area contributed by atoms with Gasteiger partial charge in [-0.1, -0.05) is 0 Å². The molecule has 1 unspecified atom stereocenters. The number of ether oxygens (including phenoxy) is 2. The van der Waals surface area contributed by atoms with Crippen molar-refractivity contribution in [1.82, 2.24) is 0 Å². The Kier molecular flexibility index (Phi) is 4.22. The van der Waals surface area contributed by atoms with E-state index in [0.717, 1.165) is 45.3 Å². The summed E-state index contributed by atoms with van der Waals surface area (Å²) in [6.07, 6.45) is 7.95.